The standard InChI is InChI=1S/C11H21IN2/c1-11(2)6-9(13-7-11)10-8(12)4-5-14(10)3/h8-10,13H,4-7H2,1-3H3. The predicted molar refractivity (Wildman–Crippen MR) is 69.0 cm³/mol. The van der Waals surface area contributed by atoms with Gasteiger partial charge in [-0.1, -0.05) is 36.4 Å². The Morgan fingerprint density at radius 2 is 2.14 bits per heavy atom. The van der Waals surface area contributed by atoms with Crippen LogP contribution in [0.5, 0.6) is 0 Å². The summed E-state index contributed by atoms with van der Waals surface area (Å²) in [5, 5.41) is 3.70. The van der Waals surface area contributed by atoms with Gasteiger partial charge in [-0.15, -0.1) is 0 Å². The summed E-state index contributed by atoms with van der Waals surface area (Å²) in [7, 11) is 2.27. The van der Waals surface area contributed by atoms with Crippen molar-refractivity contribution in [3.05, 3.63) is 0 Å². The molecule has 2 rings (SSSR count). The van der Waals surface area contributed by atoms with Gasteiger partial charge in [-0.2, -0.15) is 0 Å². The third kappa shape index (κ3) is 2.09. The highest BCUT2D eigenvalue weighted by atomic mass is 127. The van der Waals surface area contributed by atoms with Crippen molar-refractivity contribution < 1.29 is 0 Å². The van der Waals surface area contributed by atoms with Crippen LogP contribution >= 0.6 is 22.6 Å². The summed E-state index contributed by atoms with van der Waals surface area (Å²) in [5.74, 6) is 0. The summed E-state index contributed by atoms with van der Waals surface area (Å²) in [6, 6.07) is 1.48. The lowest BCUT2D eigenvalue weighted by molar-refractivity contribution is 0.254. The Morgan fingerprint density at radius 3 is 2.57 bits per heavy atom. The highest BCUT2D eigenvalue weighted by Crippen LogP contribution is 2.35. The molecular weight excluding hydrogens is 287 g/mol. The maximum Gasteiger partial charge on any atom is 0.0364 e. The Kier molecular flexibility index (Phi) is 3.11. The van der Waals surface area contributed by atoms with Crippen molar-refractivity contribution in [1.82, 2.24) is 10.2 Å². The van der Waals surface area contributed by atoms with Crippen molar-refractivity contribution in [2.24, 2.45) is 5.41 Å². The van der Waals surface area contributed by atoms with Crippen LogP contribution in [0.25, 0.3) is 0 Å². The molecule has 1 N–H and O–H groups in total. The number of likely N-dealkylation sites (N-methyl/N-ethyl adjacent to an activating group) is 1. The summed E-state index contributed by atoms with van der Waals surface area (Å²) < 4.78 is 0.837. The van der Waals surface area contributed by atoms with Gasteiger partial charge in [0.2, 0.25) is 0 Å². The molecule has 2 aliphatic rings. The quantitative estimate of drug-likeness (QED) is 0.588. The van der Waals surface area contributed by atoms with Gasteiger partial charge in [0.15, 0.2) is 0 Å². The van der Waals surface area contributed by atoms with Crippen LogP contribution in [-0.4, -0.2) is 41.0 Å². The molecule has 0 amide bonds. The number of likely N-dealkylation sites (tertiary alicyclic amines) is 1. The molecule has 3 unspecified atom stereocenters. The molecule has 2 nitrogen and oxygen atoms in total. The molecule has 14 heavy (non-hydrogen) atoms. The van der Waals surface area contributed by atoms with E-state index in [2.05, 4.69) is 53.7 Å². The van der Waals surface area contributed by atoms with E-state index in [0.29, 0.717) is 5.41 Å². The molecule has 82 valence electrons. The lowest BCUT2D eigenvalue weighted by atomic mass is 9.88. The van der Waals surface area contributed by atoms with Gasteiger partial charge in [0, 0.05) is 22.6 Å². The molecule has 2 aliphatic heterocycles. The first kappa shape index (κ1) is 11.1. The van der Waals surface area contributed by atoms with Crippen LogP contribution in [0.2, 0.25) is 0 Å². The number of nitrogens with zero attached hydrogens (tertiary/aromatic N) is 1. The first-order chi connectivity index (χ1) is 6.49. The Bertz CT molecular complexity index is 207. The highest BCUT2D eigenvalue weighted by Gasteiger charge is 2.41. The monoisotopic (exact) mass is 308 g/mol. The fourth-order valence-corrected chi connectivity index (χ4v) is 4.20. The van der Waals surface area contributed by atoms with Crippen molar-refractivity contribution >= 4 is 22.6 Å². The van der Waals surface area contributed by atoms with E-state index in [-0.39, 0.29) is 0 Å². The second-order valence-electron chi connectivity index (χ2n) is 5.63. The molecule has 0 spiro atoms. The summed E-state index contributed by atoms with van der Waals surface area (Å²) >= 11 is 2.63. The molecule has 3 heteroatoms. The van der Waals surface area contributed by atoms with Gasteiger partial charge in [0.05, 0.1) is 0 Å². The minimum atomic E-state index is 0.504. The van der Waals surface area contributed by atoms with Gasteiger partial charge in [0.1, 0.15) is 0 Å². The Labute approximate surface area is 101 Å². The summed E-state index contributed by atoms with van der Waals surface area (Å²) in [4.78, 5) is 2.54. The Balaban J connectivity index is 2.02. The zero-order valence-electron chi connectivity index (χ0n) is 9.39. The van der Waals surface area contributed by atoms with E-state index < -0.39 is 0 Å². The molecule has 0 aliphatic carbocycles. The zero-order valence-corrected chi connectivity index (χ0v) is 11.5. The second kappa shape index (κ2) is 3.91. The Hall–Kier alpha value is 0.650. The number of nitrogens with one attached hydrogen (secondary N) is 1. The van der Waals surface area contributed by atoms with Crippen LogP contribution in [0.4, 0.5) is 0 Å². The van der Waals surface area contributed by atoms with Crippen molar-refractivity contribution in [3.8, 4) is 0 Å². The van der Waals surface area contributed by atoms with E-state index in [0.717, 1.165) is 16.0 Å². The van der Waals surface area contributed by atoms with Crippen LogP contribution in [0.15, 0.2) is 0 Å². The molecule has 0 saturated carbocycles. The highest BCUT2D eigenvalue weighted by molar-refractivity contribution is 14.1. The van der Waals surface area contributed by atoms with Crippen LogP contribution in [0.3, 0.4) is 0 Å². The fraction of sp³-hybridized carbons (Fsp3) is 1.00. The number of hydrogen-bond donors (Lipinski definition) is 1. The first-order valence-corrected chi connectivity index (χ1v) is 6.82. The van der Waals surface area contributed by atoms with Crippen LogP contribution in [0, 0.1) is 5.41 Å². The first-order valence-electron chi connectivity index (χ1n) is 5.57. The van der Waals surface area contributed by atoms with E-state index in [1.54, 1.807) is 0 Å². The van der Waals surface area contributed by atoms with Crippen molar-refractivity contribution in [2.45, 2.75) is 42.7 Å². The van der Waals surface area contributed by atoms with Gasteiger partial charge >= 0.3 is 0 Å². The summed E-state index contributed by atoms with van der Waals surface area (Å²) in [5.41, 5.74) is 0.504. The van der Waals surface area contributed by atoms with Gasteiger partial charge in [-0.25, -0.2) is 0 Å². The fourth-order valence-electron chi connectivity index (χ4n) is 2.87. The molecule has 2 saturated heterocycles. The summed E-state index contributed by atoms with van der Waals surface area (Å²) in [6.45, 7) is 7.20. The minimum absolute atomic E-state index is 0.504. The van der Waals surface area contributed by atoms with Crippen LogP contribution in [-0.2, 0) is 0 Å². The molecule has 0 aromatic rings. The van der Waals surface area contributed by atoms with Gasteiger partial charge in [0.25, 0.3) is 0 Å². The van der Waals surface area contributed by atoms with Gasteiger partial charge < -0.3 is 10.2 Å². The lowest BCUT2D eigenvalue weighted by Gasteiger charge is -2.29. The summed E-state index contributed by atoms with van der Waals surface area (Å²) in [6.07, 6.45) is 2.70. The van der Waals surface area contributed by atoms with E-state index in [1.165, 1.54) is 25.9 Å². The van der Waals surface area contributed by atoms with E-state index in [1.807, 2.05) is 0 Å². The molecule has 3 atom stereocenters. The van der Waals surface area contributed by atoms with Crippen LogP contribution in [0.1, 0.15) is 26.7 Å². The van der Waals surface area contributed by atoms with Crippen LogP contribution < -0.4 is 5.32 Å². The van der Waals surface area contributed by atoms with Gasteiger partial charge in [-0.3, -0.25) is 0 Å². The normalized spacial score (nSPS) is 43.3. The molecule has 0 bridgehead atoms. The van der Waals surface area contributed by atoms with Gasteiger partial charge in [-0.05, 0) is 31.8 Å². The number of rotatable bonds is 1. The van der Waals surface area contributed by atoms with Crippen molar-refractivity contribution in [2.75, 3.05) is 20.1 Å². The SMILES string of the molecule is CN1CCC(I)C1C1CC(C)(C)CN1. The number of alkyl halides is 1. The molecule has 2 heterocycles. The van der Waals surface area contributed by atoms with Crippen molar-refractivity contribution in [1.29, 1.82) is 0 Å². The second-order valence-corrected chi connectivity index (χ2v) is 7.23. The van der Waals surface area contributed by atoms with E-state index >= 15 is 0 Å². The smallest absolute Gasteiger partial charge is 0.0364 e. The molecular formula is C11H21IN2. The van der Waals surface area contributed by atoms with E-state index in [9.17, 15) is 0 Å². The molecule has 0 aromatic carbocycles. The number of halogens is 1. The lowest BCUT2D eigenvalue weighted by Crippen LogP contribution is -2.45. The molecule has 0 aromatic heterocycles. The average Bonchev–Trinajstić information content (AvgIpc) is 2.56. The maximum atomic E-state index is 3.70. The average molecular weight is 308 g/mol. The molecule has 0 radical (unpaired) electrons. The maximum absolute atomic E-state index is 3.70. The third-order valence-corrected chi connectivity index (χ3v) is 5.02. The van der Waals surface area contributed by atoms with E-state index in [4.69, 9.17) is 0 Å². The predicted octanol–water partition coefficient (Wildman–Crippen LogP) is 1.88. The topological polar surface area (TPSA) is 15.3 Å². The number of hydrogen-bond acceptors (Lipinski definition) is 2. The largest absolute Gasteiger partial charge is 0.312 e. The third-order valence-electron chi connectivity index (χ3n) is 3.66. The molecule has 2 fully saturated rings. The minimum Gasteiger partial charge on any atom is -0.312 e. The zero-order chi connectivity index (χ0) is 10.3. The Morgan fingerprint density at radius 1 is 1.43 bits per heavy atom. The van der Waals surface area contributed by atoms with Crippen molar-refractivity contribution in [3.63, 3.8) is 0 Å².